The maximum atomic E-state index is 5.34. The Bertz CT molecular complexity index is 417. The third-order valence-corrected chi connectivity index (χ3v) is 3.88. The van der Waals surface area contributed by atoms with Crippen molar-refractivity contribution >= 4 is 38.0 Å². The van der Waals surface area contributed by atoms with Crippen molar-refractivity contribution in [2.24, 2.45) is 0 Å². The van der Waals surface area contributed by atoms with Crippen LogP contribution < -0.4 is 2.95 Å². The molecule has 0 saturated carbocycles. The van der Waals surface area contributed by atoms with Crippen LogP contribution in [-0.2, 0) is 22.3 Å². The van der Waals surface area contributed by atoms with Gasteiger partial charge in [-0.3, -0.25) is 0 Å². The smallest absolute Gasteiger partial charge is 0.0851 e. The van der Waals surface area contributed by atoms with Crippen molar-refractivity contribution < 1.29 is 9.47 Å². The first-order valence-electron chi connectivity index (χ1n) is 5.69. The van der Waals surface area contributed by atoms with Gasteiger partial charge in [-0.05, 0) is 17.2 Å². The molecule has 17 heavy (non-hydrogen) atoms. The fourth-order valence-corrected chi connectivity index (χ4v) is 2.72. The molecular formula is C12H13Br2NO2. The maximum Gasteiger partial charge on any atom is 0.0851 e. The molecular weight excluding hydrogens is 350 g/mol. The molecule has 3 rings (SSSR count). The van der Waals surface area contributed by atoms with E-state index in [-0.39, 0.29) is 0 Å². The van der Waals surface area contributed by atoms with Crippen LogP contribution in [0.4, 0.5) is 5.69 Å². The zero-order valence-corrected chi connectivity index (χ0v) is 12.4. The summed E-state index contributed by atoms with van der Waals surface area (Å²) in [5.74, 6) is 0. The summed E-state index contributed by atoms with van der Waals surface area (Å²) in [5, 5.41) is 0. The SMILES string of the molecule is BrN(Br)c1cccc(CC2CO2)c1CC1CO1. The summed E-state index contributed by atoms with van der Waals surface area (Å²) in [6.45, 7) is 1.79. The van der Waals surface area contributed by atoms with Gasteiger partial charge in [-0.15, -0.1) is 0 Å². The van der Waals surface area contributed by atoms with Crippen LogP contribution in [0.15, 0.2) is 18.2 Å². The Morgan fingerprint density at radius 1 is 1.12 bits per heavy atom. The van der Waals surface area contributed by atoms with E-state index in [1.807, 2.05) is 2.95 Å². The molecule has 92 valence electrons. The number of rotatable bonds is 5. The number of benzene rings is 1. The molecule has 2 saturated heterocycles. The van der Waals surface area contributed by atoms with Gasteiger partial charge in [-0.2, -0.15) is 0 Å². The largest absolute Gasteiger partial charge is 0.373 e. The van der Waals surface area contributed by atoms with Crippen LogP contribution >= 0.6 is 32.3 Å². The summed E-state index contributed by atoms with van der Waals surface area (Å²) < 4.78 is 12.5. The summed E-state index contributed by atoms with van der Waals surface area (Å²) in [5.41, 5.74) is 3.86. The number of hydrogen-bond donors (Lipinski definition) is 0. The number of epoxide rings is 2. The maximum absolute atomic E-state index is 5.34. The normalized spacial score (nSPS) is 25.8. The van der Waals surface area contributed by atoms with Gasteiger partial charge in [0.1, 0.15) is 0 Å². The van der Waals surface area contributed by atoms with Gasteiger partial charge in [-0.25, -0.2) is 2.95 Å². The summed E-state index contributed by atoms with van der Waals surface area (Å²) in [7, 11) is 0. The molecule has 0 radical (unpaired) electrons. The highest BCUT2D eigenvalue weighted by molar-refractivity contribution is 9.25. The van der Waals surface area contributed by atoms with Crippen molar-refractivity contribution in [2.75, 3.05) is 16.2 Å². The number of nitrogens with zero attached hydrogens (tertiary/aromatic N) is 1. The van der Waals surface area contributed by atoms with E-state index in [9.17, 15) is 0 Å². The molecule has 2 atom stereocenters. The Morgan fingerprint density at radius 2 is 1.76 bits per heavy atom. The molecule has 2 aliphatic heterocycles. The van der Waals surface area contributed by atoms with Crippen LogP contribution in [-0.4, -0.2) is 25.4 Å². The molecule has 5 heteroatoms. The van der Waals surface area contributed by atoms with Crippen LogP contribution in [0.2, 0.25) is 0 Å². The van der Waals surface area contributed by atoms with Crippen molar-refractivity contribution in [1.29, 1.82) is 0 Å². The first-order chi connectivity index (χ1) is 8.24. The third-order valence-electron chi connectivity index (χ3n) is 3.11. The number of ether oxygens (including phenoxy) is 2. The van der Waals surface area contributed by atoms with Crippen LogP contribution in [0.1, 0.15) is 11.1 Å². The number of hydrogen-bond acceptors (Lipinski definition) is 3. The van der Waals surface area contributed by atoms with E-state index in [1.54, 1.807) is 0 Å². The summed E-state index contributed by atoms with van der Waals surface area (Å²) in [6, 6.07) is 6.37. The van der Waals surface area contributed by atoms with E-state index in [1.165, 1.54) is 11.1 Å². The van der Waals surface area contributed by atoms with Crippen molar-refractivity contribution in [3.8, 4) is 0 Å². The Morgan fingerprint density at radius 3 is 2.35 bits per heavy atom. The molecule has 2 unspecified atom stereocenters. The molecule has 1 aromatic rings. The molecule has 1 aromatic carbocycles. The van der Waals surface area contributed by atoms with Crippen LogP contribution in [0.25, 0.3) is 0 Å². The molecule has 0 N–H and O–H groups in total. The molecule has 2 heterocycles. The number of anilines is 1. The molecule has 0 aliphatic carbocycles. The minimum atomic E-state index is 0.398. The lowest BCUT2D eigenvalue weighted by Crippen LogP contribution is -2.07. The Hall–Kier alpha value is -0.100. The van der Waals surface area contributed by atoms with E-state index in [0.29, 0.717) is 12.2 Å². The van der Waals surface area contributed by atoms with E-state index in [2.05, 4.69) is 50.5 Å². The average Bonchev–Trinajstić information content (AvgIpc) is 3.13. The van der Waals surface area contributed by atoms with Crippen molar-refractivity contribution in [1.82, 2.24) is 0 Å². The molecule has 2 fully saturated rings. The minimum absolute atomic E-state index is 0.398. The zero-order chi connectivity index (χ0) is 11.8. The van der Waals surface area contributed by atoms with Gasteiger partial charge in [0.15, 0.2) is 0 Å². The quantitative estimate of drug-likeness (QED) is 0.595. The molecule has 0 bridgehead atoms. The highest BCUT2D eigenvalue weighted by atomic mass is 79.9. The van der Waals surface area contributed by atoms with E-state index >= 15 is 0 Å². The third kappa shape index (κ3) is 3.02. The van der Waals surface area contributed by atoms with Gasteiger partial charge in [0, 0.05) is 12.8 Å². The van der Waals surface area contributed by atoms with E-state index in [4.69, 9.17) is 9.47 Å². The lowest BCUT2D eigenvalue weighted by Gasteiger charge is -2.16. The fourth-order valence-electron chi connectivity index (χ4n) is 2.05. The Labute approximate surface area is 118 Å². The van der Waals surface area contributed by atoms with E-state index < -0.39 is 0 Å². The van der Waals surface area contributed by atoms with Crippen LogP contribution in [0.5, 0.6) is 0 Å². The zero-order valence-electron chi connectivity index (χ0n) is 9.23. The minimum Gasteiger partial charge on any atom is -0.373 e. The van der Waals surface area contributed by atoms with Crippen molar-refractivity contribution in [3.63, 3.8) is 0 Å². The lowest BCUT2D eigenvalue weighted by molar-refractivity contribution is 0.402. The predicted molar refractivity (Wildman–Crippen MR) is 73.7 cm³/mol. The van der Waals surface area contributed by atoms with Gasteiger partial charge in [-0.1, -0.05) is 12.1 Å². The van der Waals surface area contributed by atoms with Crippen molar-refractivity contribution in [2.45, 2.75) is 25.0 Å². The summed E-state index contributed by atoms with van der Waals surface area (Å²) >= 11 is 6.88. The Kier molecular flexibility index (Phi) is 3.43. The van der Waals surface area contributed by atoms with E-state index in [0.717, 1.165) is 31.7 Å². The van der Waals surface area contributed by atoms with Gasteiger partial charge in [0.25, 0.3) is 0 Å². The van der Waals surface area contributed by atoms with Gasteiger partial charge in [0.2, 0.25) is 0 Å². The molecule has 0 spiro atoms. The summed E-state index contributed by atoms with van der Waals surface area (Å²) in [6.07, 6.45) is 2.80. The highest BCUT2D eigenvalue weighted by Gasteiger charge is 2.29. The summed E-state index contributed by atoms with van der Waals surface area (Å²) in [4.78, 5) is 0. The first kappa shape index (κ1) is 12.0. The van der Waals surface area contributed by atoms with Crippen LogP contribution in [0.3, 0.4) is 0 Å². The molecule has 3 nitrogen and oxygen atoms in total. The lowest BCUT2D eigenvalue weighted by atomic mass is 9.97. The second kappa shape index (κ2) is 4.88. The van der Waals surface area contributed by atoms with Crippen molar-refractivity contribution in [3.05, 3.63) is 29.3 Å². The standard InChI is InChI=1S/C12H13Br2NO2/c13-15(14)12-3-1-2-8(4-9-6-16-9)11(12)5-10-7-17-10/h1-3,9-10H,4-7H2. The average molecular weight is 363 g/mol. The second-order valence-electron chi connectivity index (χ2n) is 4.47. The van der Waals surface area contributed by atoms with Gasteiger partial charge in [0.05, 0.1) is 63.4 Å². The first-order valence-corrected chi connectivity index (χ1v) is 7.11. The van der Waals surface area contributed by atoms with Gasteiger partial charge >= 0.3 is 0 Å². The second-order valence-corrected chi connectivity index (χ2v) is 6.84. The predicted octanol–water partition coefficient (Wildman–Crippen LogP) is 3.00. The van der Waals surface area contributed by atoms with Gasteiger partial charge < -0.3 is 9.47 Å². The Balaban J connectivity index is 1.89. The molecule has 0 aromatic heterocycles. The monoisotopic (exact) mass is 361 g/mol. The highest BCUT2D eigenvalue weighted by Crippen LogP contribution is 2.33. The molecule has 0 amide bonds. The van der Waals surface area contributed by atoms with Crippen LogP contribution in [0, 0.1) is 0 Å². The molecule has 2 aliphatic rings. The fraction of sp³-hybridized carbons (Fsp3) is 0.500. The number of halogens is 2. The topological polar surface area (TPSA) is 28.3 Å².